The molecule has 7 nitrogen and oxygen atoms in total. The van der Waals surface area contributed by atoms with Crippen LogP contribution in [-0.2, 0) is 6.54 Å². The highest BCUT2D eigenvalue weighted by atomic mass is 16.6. The third kappa shape index (κ3) is 3.93. The lowest BCUT2D eigenvalue weighted by molar-refractivity contribution is 0.171. The summed E-state index contributed by atoms with van der Waals surface area (Å²) in [6.07, 6.45) is 2.94. The maximum atomic E-state index is 5.70. The maximum Gasteiger partial charge on any atom is 0.227 e. The Morgan fingerprint density at radius 2 is 1.93 bits per heavy atom. The summed E-state index contributed by atoms with van der Waals surface area (Å²) >= 11 is 0. The first-order valence-corrected chi connectivity index (χ1v) is 9.44. The predicted octanol–water partition coefficient (Wildman–Crippen LogP) is 2.02. The number of fused-ring (bicyclic) bond motifs is 1. The number of hydrogen-bond donors (Lipinski definition) is 0. The topological polar surface area (TPSA) is 54.0 Å². The van der Waals surface area contributed by atoms with Crippen molar-refractivity contribution in [2.24, 2.45) is 0 Å². The van der Waals surface area contributed by atoms with Gasteiger partial charge in [-0.25, -0.2) is 4.98 Å². The Kier molecular flexibility index (Phi) is 5.03. The van der Waals surface area contributed by atoms with Gasteiger partial charge >= 0.3 is 0 Å². The van der Waals surface area contributed by atoms with Crippen molar-refractivity contribution in [3.8, 4) is 11.5 Å². The molecule has 0 radical (unpaired) electrons. The van der Waals surface area contributed by atoms with Gasteiger partial charge in [0.05, 0.1) is 0 Å². The molecular weight excluding hydrogens is 342 g/mol. The van der Waals surface area contributed by atoms with Crippen molar-refractivity contribution in [1.82, 2.24) is 14.9 Å². The smallest absolute Gasteiger partial charge is 0.227 e. The van der Waals surface area contributed by atoms with Crippen molar-refractivity contribution in [2.75, 3.05) is 57.2 Å². The van der Waals surface area contributed by atoms with Gasteiger partial charge in [-0.15, -0.1) is 0 Å². The van der Waals surface area contributed by atoms with Crippen LogP contribution in [0.3, 0.4) is 0 Å². The minimum absolute atomic E-state index is 0.416. The monoisotopic (exact) mass is 369 g/mol. The van der Waals surface area contributed by atoms with Gasteiger partial charge in [0.15, 0.2) is 11.5 Å². The molecule has 4 rings (SSSR count). The fourth-order valence-corrected chi connectivity index (χ4v) is 3.64. The highest BCUT2D eigenvalue weighted by Gasteiger charge is 2.27. The second-order valence-corrected chi connectivity index (χ2v) is 7.38. The first-order chi connectivity index (χ1) is 13.1. The molecule has 7 heteroatoms. The highest BCUT2D eigenvalue weighted by Crippen LogP contribution is 2.31. The van der Waals surface area contributed by atoms with Crippen molar-refractivity contribution in [3.63, 3.8) is 0 Å². The van der Waals surface area contributed by atoms with E-state index in [0.29, 0.717) is 19.3 Å². The molecule has 2 aliphatic heterocycles. The zero-order chi connectivity index (χ0) is 18.8. The first-order valence-electron chi connectivity index (χ1n) is 9.44. The van der Waals surface area contributed by atoms with Gasteiger partial charge in [0.1, 0.15) is 19.0 Å². The van der Waals surface area contributed by atoms with Crippen molar-refractivity contribution in [2.45, 2.75) is 19.0 Å². The van der Waals surface area contributed by atoms with Gasteiger partial charge in [0.2, 0.25) is 5.95 Å². The van der Waals surface area contributed by atoms with E-state index >= 15 is 0 Å². The molecule has 2 aromatic rings. The van der Waals surface area contributed by atoms with E-state index in [1.807, 2.05) is 37.3 Å². The highest BCUT2D eigenvalue weighted by molar-refractivity contribution is 5.44. The summed E-state index contributed by atoms with van der Waals surface area (Å²) in [5, 5.41) is 0. The predicted molar refractivity (Wildman–Crippen MR) is 106 cm³/mol. The Morgan fingerprint density at radius 1 is 1.11 bits per heavy atom. The van der Waals surface area contributed by atoms with Crippen LogP contribution >= 0.6 is 0 Å². The van der Waals surface area contributed by atoms with E-state index in [1.54, 1.807) is 0 Å². The van der Waals surface area contributed by atoms with E-state index in [2.05, 4.69) is 38.9 Å². The van der Waals surface area contributed by atoms with E-state index in [9.17, 15) is 0 Å². The summed E-state index contributed by atoms with van der Waals surface area (Å²) in [5.41, 5.74) is 1.26. The molecule has 1 aromatic carbocycles. The normalized spacial score (nSPS) is 19.1. The Balaban J connectivity index is 1.39. The number of anilines is 2. The summed E-state index contributed by atoms with van der Waals surface area (Å²) in [4.78, 5) is 15.8. The summed E-state index contributed by atoms with van der Waals surface area (Å²) < 4.78 is 11.3. The maximum absolute atomic E-state index is 5.70. The second-order valence-electron chi connectivity index (χ2n) is 7.38. The quantitative estimate of drug-likeness (QED) is 0.799. The zero-order valence-electron chi connectivity index (χ0n) is 16.3. The molecule has 1 fully saturated rings. The summed E-state index contributed by atoms with van der Waals surface area (Å²) in [5.74, 6) is 3.42. The number of likely N-dealkylation sites (tertiary alicyclic amines) is 1. The van der Waals surface area contributed by atoms with Gasteiger partial charge < -0.3 is 19.3 Å². The van der Waals surface area contributed by atoms with Crippen LogP contribution in [0.5, 0.6) is 11.5 Å². The average Bonchev–Trinajstić information content (AvgIpc) is 3.16. The van der Waals surface area contributed by atoms with Crippen molar-refractivity contribution < 1.29 is 9.47 Å². The molecule has 2 aliphatic rings. The van der Waals surface area contributed by atoms with Gasteiger partial charge in [0, 0.05) is 53.0 Å². The van der Waals surface area contributed by atoms with Crippen molar-refractivity contribution in [1.29, 1.82) is 0 Å². The third-order valence-electron chi connectivity index (χ3n) is 5.21. The van der Waals surface area contributed by atoms with E-state index in [1.165, 1.54) is 5.56 Å². The lowest BCUT2D eigenvalue weighted by Gasteiger charge is -2.26. The average molecular weight is 369 g/mol. The molecule has 144 valence electrons. The summed E-state index contributed by atoms with van der Waals surface area (Å²) in [7, 11) is 6.08. The number of aromatic nitrogens is 2. The molecular formula is C20H27N5O2. The molecule has 1 unspecified atom stereocenters. The van der Waals surface area contributed by atoms with Crippen LogP contribution in [0.25, 0.3) is 0 Å². The number of ether oxygens (including phenoxy) is 2. The van der Waals surface area contributed by atoms with Gasteiger partial charge in [-0.3, -0.25) is 4.90 Å². The van der Waals surface area contributed by atoms with Gasteiger partial charge in [-0.05, 0) is 30.2 Å². The molecule has 0 bridgehead atoms. The fourth-order valence-electron chi connectivity index (χ4n) is 3.64. The number of rotatable bonds is 5. The minimum Gasteiger partial charge on any atom is -0.486 e. The van der Waals surface area contributed by atoms with Crippen LogP contribution in [0.4, 0.5) is 11.8 Å². The Morgan fingerprint density at radius 3 is 2.74 bits per heavy atom. The Labute approximate surface area is 160 Å². The number of nitrogens with zero attached hydrogens (tertiary/aromatic N) is 5. The van der Waals surface area contributed by atoms with Gasteiger partial charge in [0.25, 0.3) is 0 Å². The Hall–Kier alpha value is -2.54. The zero-order valence-corrected chi connectivity index (χ0v) is 16.3. The number of benzene rings is 1. The molecule has 3 heterocycles. The molecule has 0 aliphatic carbocycles. The van der Waals surface area contributed by atoms with E-state index in [-0.39, 0.29) is 0 Å². The van der Waals surface area contributed by atoms with Gasteiger partial charge in [-0.2, -0.15) is 4.98 Å². The summed E-state index contributed by atoms with van der Waals surface area (Å²) in [6, 6.07) is 8.60. The van der Waals surface area contributed by atoms with Crippen LogP contribution < -0.4 is 19.3 Å². The van der Waals surface area contributed by atoms with Crippen LogP contribution in [0.1, 0.15) is 12.0 Å². The molecule has 1 aromatic heterocycles. The standard InChI is InChI=1S/C20H27N5O2/c1-23(2)19-6-8-21-20(22-19)24(3)16-7-9-25(14-16)13-15-4-5-17-18(12-15)27-11-10-26-17/h4-6,8,12,16H,7,9-11,13-14H2,1-3H3. The number of likely N-dealkylation sites (N-methyl/N-ethyl adjacent to an activating group) is 1. The second kappa shape index (κ2) is 7.60. The summed E-state index contributed by atoms with van der Waals surface area (Å²) in [6.45, 7) is 4.24. The largest absolute Gasteiger partial charge is 0.486 e. The molecule has 0 N–H and O–H groups in total. The molecule has 1 atom stereocenters. The fraction of sp³-hybridized carbons (Fsp3) is 0.500. The molecule has 0 spiro atoms. The Bertz CT molecular complexity index is 798. The van der Waals surface area contributed by atoms with E-state index in [4.69, 9.17) is 9.47 Å². The first kappa shape index (κ1) is 17.9. The number of hydrogen-bond acceptors (Lipinski definition) is 7. The molecule has 1 saturated heterocycles. The van der Waals surface area contributed by atoms with E-state index in [0.717, 1.165) is 49.3 Å². The van der Waals surface area contributed by atoms with Crippen molar-refractivity contribution in [3.05, 3.63) is 36.0 Å². The van der Waals surface area contributed by atoms with Crippen LogP contribution in [0.2, 0.25) is 0 Å². The minimum atomic E-state index is 0.416. The third-order valence-corrected chi connectivity index (χ3v) is 5.21. The van der Waals surface area contributed by atoms with Crippen LogP contribution in [0, 0.1) is 0 Å². The van der Waals surface area contributed by atoms with Gasteiger partial charge in [-0.1, -0.05) is 6.07 Å². The lowest BCUT2D eigenvalue weighted by atomic mass is 10.2. The molecule has 27 heavy (non-hydrogen) atoms. The van der Waals surface area contributed by atoms with Crippen LogP contribution in [-0.4, -0.2) is 68.4 Å². The van der Waals surface area contributed by atoms with Crippen molar-refractivity contribution >= 4 is 11.8 Å². The molecule has 0 saturated carbocycles. The molecule has 0 amide bonds. The SMILES string of the molecule is CN(C)c1ccnc(N(C)C2CCN(Cc3ccc4c(c3)OCCO4)C2)n1. The van der Waals surface area contributed by atoms with E-state index < -0.39 is 0 Å². The lowest BCUT2D eigenvalue weighted by Crippen LogP contribution is -2.35. The van der Waals surface area contributed by atoms with Crippen LogP contribution in [0.15, 0.2) is 30.5 Å².